The highest BCUT2D eigenvalue weighted by Crippen LogP contribution is 2.14. The fourth-order valence-electron chi connectivity index (χ4n) is 2.66. The summed E-state index contributed by atoms with van der Waals surface area (Å²) in [6.45, 7) is 3.98. The molecule has 1 saturated heterocycles. The molecule has 0 saturated carbocycles. The average Bonchev–Trinajstić information content (AvgIpc) is 2.55. The van der Waals surface area contributed by atoms with Crippen LogP contribution in [0.1, 0.15) is 36.5 Å². The molecule has 2 unspecified atom stereocenters. The lowest BCUT2D eigenvalue weighted by molar-refractivity contribution is -0.122. The molecule has 1 aliphatic rings. The Kier molecular flexibility index (Phi) is 5.95. The quantitative estimate of drug-likeness (QED) is 0.786. The molecule has 2 atom stereocenters. The summed E-state index contributed by atoms with van der Waals surface area (Å²) in [6, 6.07) is 7.18. The van der Waals surface area contributed by atoms with Crippen molar-refractivity contribution in [2.24, 2.45) is 5.92 Å². The van der Waals surface area contributed by atoms with Crippen molar-refractivity contribution in [3.8, 4) is 5.75 Å². The molecule has 22 heavy (non-hydrogen) atoms. The zero-order valence-electron chi connectivity index (χ0n) is 13.2. The zero-order valence-corrected chi connectivity index (χ0v) is 13.2. The number of ether oxygens (including phenoxy) is 1. The lowest BCUT2D eigenvalue weighted by Gasteiger charge is -2.30. The van der Waals surface area contributed by atoms with Gasteiger partial charge in [-0.3, -0.25) is 9.59 Å². The second-order valence-electron chi connectivity index (χ2n) is 5.80. The minimum Gasteiger partial charge on any atom is -0.497 e. The van der Waals surface area contributed by atoms with Gasteiger partial charge in [-0.2, -0.15) is 0 Å². The van der Waals surface area contributed by atoms with Crippen LogP contribution in [-0.2, 0) is 4.79 Å². The lowest BCUT2D eigenvalue weighted by Crippen LogP contribution is -2.48. The number of amides is 1. The third kappa shape index (κ3) is 4.56. The molecule has 0 spiro atoms. The van der Waals surface area contributed by atoms with Gasteiger partial charge in [0.15, 0.2) is 5.78 Å². The fourth-order valence-corrected chi connectivity index (χ4v) is 2.66. The first-order valence-electron chi connectivity index (χ1n) is 7.77. The molecule has 5 heteroatoms. The monoisotopic (exact) mass is 304 g/mol. The number of carbonyl (C=O) groups excluding carboxylic acids is 2. The van der Waals surface area contributed by atoms with E-state index in [-0.39, 0.29) is 30.6 Å². The van der Waals surface area contributed by atoms with E-state index in [0.29, 0.717) is 17.2 Å². The predicted molar refractivity (Wildman–Crippen MR) is 85.1 cm³/mol. The van der Waals surface area contributed by atoms with Gasteiger partial charge >= 0.3 is 0 Å². The predicted octanol–water partition coefficient (Wildman–Crippen LogP) is 1.77. The van der Waals surface area contributed by atoms with Crippen LogP contribution in [0.3, 0.4) is 0 Å². The van der Waals surface area contributed by atoms with E-state index in [2.05, 4.69) is 17.6 Å². The summed E-state index contributed by atoms with van der Waals surface area (Å²) in [6.07, 6.45) is 1.42. The van der Waals surface area contributed by atoms with Crippen molar-refractivity contribution in [1.29, 1.82) is 0 Å². The smallest absolute Gasteiger partial charge is 0.220 e. The van der Waals surface area contributed by atoms with E-state index in [1.165, 1.54) is 0 Å². The Morgan fingerprint density at radius 2 is 2.00 bits per heavy atom. The van der Waals surface area contributed by atoms with E-state index in [4.69, 9.17) is 4.74 Å². The number of hydrogen-bond donors (Lipinski definition) is 2. The van der Waals surface area contributed by atoms with Crippen molar-refractivity contribution in [2.75, 3.05) is 20.2 Å². The summed E-state index contributed by atoms with van der Waals surface area (Å²) in [7, 11) is 1.59. The second kappa shape index (κ2) is 7.94. The van der Waals surface area contributed by atoms with Gasteiger partial charge in [0.2, 0.25) is 5.91 Å². The average molecular weight is 304 g/mol. The van der Waals surface area contributed by atoms with Crippen LogP contribution in [0.25, 0.3) is 0 Å². The Bertz CT molecular complexity index is 513. The van der Waals surface area contributed by atoms with Gasteiger partial charge in [0, 0.05) is 24.4 Å². The van der Waals surface area contributed by atoms with Gasteiger partial charge in [0.1, 0.15) is 5.75 Å². The highest BCUT2D eigenvalue weighted by Gasteiger charge is 2.22. The summed E-state index contributed by atoms with van der Waals surface area (Å²) in [4.78, 5) is 24.1. The van der Waals surface area contributed by atoms with Crippen LogP contribution in [0, 0.1) is 5.92 Å². The Hall–Kier alpha value is -1.88. The molecule has 2 N–H and O–H groups in total. The maximum absolute atomic E-state index is 12.1. The molecule has 120 valence electrons. The molecule has 5 nitrogen and oxygen atoms in total. The van der Waals surface area contributed by atoms with E-state index in [1.54, 1.807) is 31.4 Å². The number of hydrogen-bond acceptors (Lipinski definition) is 4. The van der Waals surface area contributed by atoms with E-state index >= 15 is 0 Å². The van der Waals surface area contributed by atoms with Crippen LogP contribution in [0.15, 0.2) is 24.3 Å². The topological polar surface area (TPSA) is 67.4 Å². The summed E-state index contributed by atoms with van der Waals surface area (Å²) < 4.78 is 5.06. The fraction of sp³-hybridized carbons (Fsp3) is 0.529. The first-order chi connectivity index (χ1) is 10.6. The van der Waals surface area contributed by atoms with Crippen molar-refractivity contribution >= 4 is 11.7 Å². The Morgan fingerprint density at radius 3 is 2.64 bits per heavy atom. The lowest BCUT2D eigenvalue weighted by atomic mass is 9.95. The van der Waals surface area contributed by atoms with Gasteiger partial charge in [0.05, 0.1) is 7.11 Å². The van der Waals surface area contributed by atoms with Gasteiger partial charge in [-0.25, -0.2) is 0 Å². The van der Waals surface area contributed by atoms with Crippen LogP contribution >= 0.6 is 0 Å². The number of piperidine rings is 1. The molecule has 0 radical (unpaired) electrons. The number of ketones is 1. The highest BCUT2D eigenvalue weighted by atomic mass is 16.5. The minimum absolute atomic E-state index is 0.0174. The van der Waals surface area contributed by atoms with Crippen molar-refractivity contribution < 1.29 is 14.3 Å². The van der Waals surface area contributed by atoms with Gasteiger partial charge in [-0.05, 0) is 49.7 Å². The van der Waals surface area contributed by atoms with Crippen LogP contribution in [-0.4, -0.2) is 37.9 Å². The Balaban J connectivity index is 1.78. The molecule has 1 aliphatic heterocycles. The van der Waals surface area contributed by atoms with E-state index in [9.17, 15) is 9.59 Å². The molecule has 1 heterocycles. The maximum Gasteiger partial charge on any atom is 0.220 e. The maximum atomic E-state index is 12.1. The third-order valence-corrected chi connectivity index (χ3v) is 4.12. The normalized spacial score (nSPS) is 21.2. The van der Waals surface area contributed by atoms with Crippen LogP contribution in [0.5, 0.6) is 5.75 Å². The summed E-state index contributed by atoms with van der Waals surface area (Å²) in [5.74, 6) is 1.08. The second-order valence-corrected chi connectivity index (χ2v) is 5.80. The zero-order chi connectivity index (χ0) is 15.9. The van der Waals surface area contributed by atoms with Crippen molar-refractivity contribution in [2.45, 2.75) is 32.2 Å². The van der Waals surface area contributed by atoms with Crippen molar-refractivity contribution in [3.05, 3.63) is 29.8 Å². The largest absolute Gasteiger partial charge is 0.497 e. The summed E-state index contributed by atoms with van der Waals surface area (Å²) >= 11 is 0. The first-order valence-corrected chi connectivity index (χ1v) is 7.77. The molecular formula is C17H24N2O3. The standard InChI is InChI=1S/C17H24N2O3/c1-12-11-18-10-9-15(12)19-17(21)8-7-16(20)13-3-5-14(22-2)6-4-13/h3-6,12,15,18H,7-11H2,1-2H3,(H,19,21). The first kappa shape index (κ1) is 16.5. The van der Waals surface area contributed by atoms with Crippen molar-refractivity contribution in [1.82, 2.24) is 10.6 Å². The molecule has 1 fully saturated rings. The summed E-state index contributed by atoms with van der Waals surface area (Å²) in [5, 5.41) is 6.35. The SMILES string of the molecule is COc1ccc(C(=O)CCC(=O)NC2CCNCC2C)cc1. The van der Waals surface area contributed by atoms with E-state index in [1.807, 2.05) is 0 Å². The number of Topliss-reactive ketones (excluding diaryl/α,β-unsaturated/α-hetero) is 1. The highest BCUT2D eigenvalue weighted by molar-refractivity contribution is 5.98. The van der Waals surface area contributed by atoms with Gasteiger partial charge in [0.25, 0.3) is 0 Å². The van der Waals surface area contributed by atoms with Crippen LogP contribution in [0.2, 0.25) is 0 Å². The molecule has 0 bridgehead atoms. The molecule has 0 aromatic heterocycles. The molecular weight excluding hydrogens is 280 g/mol. The number of methoxy groups -OCH3 is 1. The summed E-state index contributed by atoms with van der Waals surface area (Å²) in [5.41, 5.74) is 0.615. The number of rotatable bonds is 6. The molecule has 1 aromatic rings. The number of carbonyl (C=O) groups is 2. The Morgan fingerprint density at radius 1 is 1.27 bits per heavy atom. The molecule has 1 aromatic carbocycles. The third-order valence-electron chi connectivity index (χ3n) is 4.12. The Labute approximate surface area is 131 Å². The van der Waals surface area contributed by atoms with Gasteiger partial charge in [-0.15, -0.1) is 0 Å². The molecule has 1 amide bonds. The number of benzene rings is 1. The van der Waals surface area contributed by atoms with Crippen LogP contribution in [0.4, 0.5) is 0 Å². The van der Waals surface area contributed by atoms with E-state index < -0.39 is 0 Å². The molecule has 0 aliphatic carbocycles. The molecule has 2 rings (SSSR count). The van der Waals surface area contributed by atoms with Gasteiger partial charge < -0.3 is 15.4 Å². The van der Waals surface area contributed by atoms with Crippen LogP contribution < -0.4 is 15.4 Å². The minimum atomic E-state index is -0.0411. The van der Waals surface area contributed by atoms with Gasteiger partial charge in [-0.1, -0.05) is 6.92 Å². The number of nitrogens with one attached hydrogen (secondary N) is 2. The van der Waals surface area contributed by atoms with Crippen molar-refractivity contribution in [3.63, 3.8) is 0 Å². The van der Waals surface area contributed by atoms with E-state index in [0.717, 1.165) is 19.5 Å².